The summed E-state index contributed by atoms with van der Waals surface area (Å²) in [5.74, 6) is 0. The summed E-state index contributed by atoms with van der Waals surface area (Å²) >= 11 is 1.82. The highest BCUT2D eigenvalue weighted by Crippen LogP contribution is 2.30. The molecule has 1 unspecified atom stereocenters. The molecule has 1 aromatic heterocycles. The first kappa shape index (κ1) is 12.3. The van der Waals surface area contributed by atoms with Crippen molar-refractivity contribution < 1.29 is 0 Å². The largest absolute Gasteiger partial charge is 0.320 e. The molecule has 0 spiro atoms. The second-order valence-corrected chi connectivity index (χ2v) is 6.17. The van der Waals surface area contributed by atoms with Crippen LogP contribution in [-0.4, -0.2) is 0 Å². The molecule has 0 saturated heterocycles. The Morgan fingerprint density at radius 2 is 1.71 bits per heavy atom. The first-order chi connectivity index (χ1) is 7.99. The number of thiophene rings is 1. The van der Waals surface area contributed by atoms with Crippen LogP contribution in [0.25, 0.3) is 0 Å². The molecule has 90 valence electrons. The number of hydrogen-bond donors (Lipinski definition) is 1. The van der Waals surface area contributed by atoms with Gasteiger partial charge in [-0.15, -0.1) is 11.3 Å². The standard InChI is InChI=1S/C15H19NS/c1-9-5-6-10(2)13(7-9)15(16)14-8-11(3)17-12(14)4/h5-8,15H,16H2,1-4H3. The lowest BCUT2D eigenvalue weighted by molar-refractivity contribution is 0.857. The molecule has 0 aliphatic rings. The van der Waals surface area contributed by atoms with E-state index < -0.39 is 0 Å². The Morgan fingerprint density at radius 1 is 1.00 bits per heavy atom. The van der Waals surface area contributed by atoms with E-state index in [1.165, 1.54) is 32.0 Å². The summed E-state index contributed by atoms with van der Waals surface area (Å²) in [4.78, 5) is 2.66. The first-order valence-electron chi connectivity index (χ1n) is 5.88. The van der Waals surface area contributed by atoms with Gasteiger partial charge in [0.25, 0.3) is 0 Å². The Bertz CT molecular complexity index is 540. The quantitative estimate of drug-likeness (QED) is 0.849. The molecule has 2 rings (SSSR count). The molecule has 1 nitrogen and oxygen atoms in total. The maximum absolute atomic E-state index is 6.41. The minimum atomic E-state index is -0.000139. The van der Waals surface area contributed by atoms with Crippen LogP contribution in [0.4, 0.5) is 0 Å². The fourth-order valence-electron chi connectivity index (χ4n) is 2.22. The van der Waals surface area contributed by atoms with Gasteiger partial charge >= 0.3 is 0 Å². The van der Waals surface area contributed by atoms with Gasteiger partial charge in [0, 0.05) is 9.75 Å². The molecule has 1 atom stereocenters. The van der Waals surface area contributed by atoms with E-state index in [1.54, 1.807) is 0 Å². The third-order valence-electron chi connectivity index (χ3n) is 3.18. The molecule has 0 aliphatic heterocycles. The van der Waals surface area contributed by atoms with E-state index in [0.717, 1.165) is 0 Å². The highest BCUT2D eigenvalue weighted by molar-refractivity contribution is 7.12. The lowest BCUT2D eigenvalue weighted by Gasteiger charge is -2.15. The van der Waals surface area contributed by atoms with Crippen LogP contribution in [0.3, 0.4) is 0 Å². The fourth-order valence-corrected chi connectivity index (χ4v) is 3.19. The van der Waals surface area contributed by atoms with Gasteiger partial charge in [-0.1, -0.05) is 23.8 Å². The highest BCUT2D eigenvalue weighted by Gasteiger charge is 2.15. The van der Waals surface area contributed by atoms with E-state index in [1.807, 2.05) is 11.3 Å². The van der Waals surface area contributed by atoms with Crippen LogP contribution >= 0.6 is 11.3 Å². The summed E-state index contributed by atoms with van der Waals surface area (Å²) in [6, 6.07) is 8.70. The zero-order chi connectivity index (χ0) is 12.6. The molecule has 1 aromatic carbocycles. The molecule has 2 N–H and O–H groups in total. The Labute approximate surface area is 107 Å². The van der Waals surface area contributed by atoms with Crippen molar-refractivity contribution in [1.82, 2.24) is 0 Å². The maximum atomic E-state index is 6.41. The number of aryl methyl sites for hydroxylation is 4. The smallest absolute Gasteiger partial charge is 0.0565 e. The Hall–Kier alpha value is -1.12. The van der Waals surface area contributed by atoms with Gasteiger partial charge in [0.1, 0.15) is 0 Å². The van der Waals surface area contributed by atoms with Gasteiger partial charge in [0.2, 0.25) is 0 Å². The van der Waals surface area contributed by atoms with Crippen LogP contribution in [0.2, 0.25) is 0 Å². The minimum Gasteiger partial charge on any atom is -0.320 e. The number of hydrogen-bond acceptors (Lipinski definition) is 2. The van der Waals surface area contributed by atoms with Gasteiger partial charge < -0.3 is 5.73 Å². The normalized spacial score (nSPS) is 12.8. The van der Waals surface area contributed by atoms with Gasteiger partial charge in [-0.3, -0.25) is 0 Å². The van der Waals surface area contributed by atoms with Crippen molar-refractivity contribution in [2.75, 3.05) is 0 Å². The molecule has 0 saturated carbocycles. The van der Waals surface area contributed by atoms with Gasteiger partial charge in [-0.25, -0.2) is 0 Å². The maximum Gasteiger partial charge on any atom is 0.0565 e. The van der Waals surface area contributed by atoms with E-state index in [4.69, 9.17) is 5.73 Å². The first-order valence-corrected chi connectivity index (χ1v) is 6.70. The lowest BCUT2D eigenvalue weighted by atomic mass is 9.94. The summed E-state index contributed by atoms with van der Waals surface area (Å²) < 4.78 is 0. The van der Waals surface area contributed by atoms with Crippen molar-refractivity contribution in [3.8, 4) is 0 Å². The number of rotatable bonds is 2. The summed E-state index contributed by atoms with van der Waals surface area (Å²) in [5, 5.41) is 0. The summed E-state index contributed by atoms with van der Waals surface area (Å²) in [6.45, 7) is 8.53. The average molecular weight is 245 g/mol. The highest BCUT2D eigenvalue weighted by atomic mass is 32.1. The van der Waals surface area contributed by atoms with Crippen LogP contribution < -0.4 is 5.73 Å². The van der Waals surface area contributed by atoms with Crippen LogP contribution in [0.15, 0.2) is 24.3 Å². The van der Waals surface area contributed by atoms with Gasteiger partial charge in [-0.2, -0.15) is 0 Å². The van der Waals surface area contributed by atoms with Gasteiger partial charge in [-0.05, 0) is 50.5 Å². The summed E-state index contributed by atoms with van der Waals surface area (Å²) in [7, 11) is 0. The zero-order valence-corrected chi connectivity index (χ0v) is 11.7. The van der Waals surface area contributed by atoms with E-state index >= 15 is 0 Å². The van der Waals surface area contributed by atoms with E-state index in [2.05, 4.69) is 52.0 Å². The van der Waals surface area contributed by atoms with Crippen molar-refractivity contribution in [2.24, 2.45) is 5.73 Å². The monoisotopic (exact) mass is 245 g/mol. The van der Waals surface area contributed by atoms with Crippen LogP contribution in [0.5, 0.6) is 0 Å². The topological polar surface area (TPSA) is 26.0 Å². The molecular weight excluding hydrogens is 226 g/mol. The molecule has 0 bridgehead atoms. The van der Waals surface area contributed by atoms with E-state index in [0.29, 0.717) is 0 Å². The van der Waals surface area contributed by atoms with Crippen LogP contribution in [0, 0.1) is 27.7 Å². The van der Waals surface area contributed by atoms with Crippen LogP contribution in [0.1, 0.15) is 38.0 Å². The molecule has 17 heavy (non-hydrogen) atoms. The van der Waals surface area contributed by atoms with E-state index in [9.17, 15) is 0 Å². The molecule has 0 radical (unpaired) electrons. The average Bonchev–Trinajstić information content (AvgIpc) is 2.60. The van der Waals surface area contributed by atoms with Gasteiger partial charge in [0.15, 0.2) is 0 Å². The lowest BCUT2D eigenvalue weighted by Crippen LogP contribution is -2.13. The van der Waals surface area contributed by atoms with Crippen molar-refractivity contribution in [3.05, 3.63) is 56.3 Å². The minimum absolute atomic E-state index is 0.000139. The molecule has 0 amide bonds. The molecule has 2 aromatic rings. The molecule has 2 heteroatoms. The number of benzene rings is 1. The Morgan fingerprint density at radius 3 is 2.29 bits per heavy atom. The van der Waals surface area contributed by atoms with Gasteiger partial charge in [0.05, 0.1) is 6.04 Å². The molecular formula is C15H19NS. The van der Waals surface area contributed by atoms with Crippen LogP contribution in [-0.2, 0) is 0 Å². The molecule has 0 aliphatic carbocycles. The predicted molar refractivity (Wildman–Crippen MR) is 75.7 cm³/mol. The fraction of sp³-hybridized carbons (Fsp3) is 0.333. The van der Waals surface area contributed by atoms with E-state index in [-0.39, 0.29) is 6.04 Å². The Balaban J connectivity index is 2.46. The van der Waals surface area contributed by atoms with Crippen molar-refractivity contribution in [3.63, 3.8) is 0 Å². The van der Waals surface area contributed by atoms with Crippen molar-refractivity contribution in [2.45, 2.75) is 33.7 Å². The molecule has 0 fully saturated rings. The summed E-state index contributed by atoms with van der Waals surface area (Å²) in [6.07, 6.45) is 0. The number of nitrogens with two attached hydrogens (primary N) is 1. The summed E-state index contributed by atoms with van der Waals surface area (Å²) in [5.41, 5.74) is 11.5. The second kappa shape index (κ2) is 4.63. The van der Waals surface area contributed by atoms with Crippen molar-refractivity contribution in [1.29, 1.82) is 0 Å². The zero-order valence-electron chi connectivity index (χ0n) is 10.9. The predicted octanol–water partition coefficient (Wildman–Crippen LogP) is 4.03. The Kier molecular flexibility index (Phi) is 3.36. The third-order valence-corrected chi connectivity index (χ3v) is 4.17. The third kappa shape index (κ3) is 2.43. The van der Waals surface area contributed by atoms with Crippen molar-refractivity contribution >= 4 is 11.3 Å². The molecule has 1 heterocycles. The second-order valence-electron chi connectivity index (χ2n) is 4.71. The SMILES string of the molecule is Cc1ccc(C)c(C(N)c2cc(C)sc2C)c1.